The molecular weight excluding hydrogens is 425 g/mol. The molecule has 7 nitrogen and oxygen atoms in total. The maximum absolute atomic E-state index is 12.1. The summed E-state index contributed by atoms with van der Waals surface area (Å²) in [4.78, 5) is 28.2. The van der Waals surface area contributed by atoms with Crippen LogP contribution in [0.3, 0.4) is 0 Å². The van der Waals surface area contributed by atoms with Crippen molar-refractivity contribution in [3.05, 3.63) is 54.1 Å². The van der Waals surface area contributed by atoms with Gasteiger partial charge in [0.2, 0.25) is 11.8 Å². The number of nitrogens with one attached hydrogen (secondary N) is 2. The summed E-state index contributed by atoms with van der Waals surface area (Å²) in [5.74, 6) is 0.146. The number of halogens is 2. The molecule has 1 fully saturated rings. The molecule has 0 spiro atoms. The summed E-state index contributed by atoms with van der Waals surface area (Å²) in [5, 5.41) is 5.75. The van der Waals surface area contributed by atoms with Crippen LogP contribution < -0.4 is 16.4 Å². The Balaban J connectivity index is 0.00000225. The lowest BCUT2D eigenvalue weighted by atomic mass is 9.85. The number of amides is 2. The first-order chi connectivity index (χ1) is 13.6. The molecule has 2 amide bonds. The largest absolute Gasteiger partial charge is 0.356 e. The third kappa shape index (κ3) is 7.97. The minimum atomic E-state index is -0.635. The first-order valence-corrected chi connectivity index (χ1v) is 9.97. The number of nitrogens with two attached hydrogens (primary N) is 1. The maximum Gasteiger partial charge on any atom is 0.237 e. The van der Waals surface area contributed by atoms with E-state index in [0.717, 1.165) is 31.5 Å². The average Bonchev–Trinajstić information content (AvgIpc) is 3.07. The monoisotopic (exact) mass is 455 g/mol. The van der Waals surface area contributed by atoms with Gasteiger partial charge in [0.05, 0.1) is 18.1 Å². The second-order valence-electron chi connectivity index (χ2n) is 7.40. The van der Waals surface area contributed by atoms with Gasteiger partial charge in [0.25, 0.3) is 0 Å². The number of hydrogen-bond donors (Lipinski definition) is 3. The minimum Gasteiger partial charge on any atom is -0.356 e. The van der Waals surface area contributed by atoms with E-state index in [4.69, 9.17) is 5.73 Å². The van der Waals surface area contributed by atoms with Gasteiger partial charge in [0, 0.05) is 38.2 Å². The Kier molecular flexibility index (Phi) is 11.5. The van der Waals surface area contributed by atoms with Crippen LogP contribution in [0.4, 0.5) is 0 Å². The van der Waals surface area contributed by atoms with Crippen LogP contribution in [0, 0.1) is 5.92 Å². The topological polar surface area (TPSA) is 102 Å². The lowest BCUT2D eigenvalue weighted by Gasteiger charge is -2.24. The van der Waals surface area contributed by atoms with E-state index in [-0.39, 0.29) is 42.5 Å². The molecule has 0 unspecified atom stereocenters. The molecule has 0 radical (unpaired) electrons. The summed E-state index contributed by atoms with van der Waals surface area (Å²) in [5.41, 5.74) is 8.00. The van der Waals surface area contributed by atoms with Crippen LogP contribution in [0.15, 0.2) is 42.9 Å². The highest BCUT2D eigenvalue weighted by molar-refractivity contribution is 5.85. The third-order valence-electron chi connectivity index (χ3n) is 5.09. The molecule has 0 saturated heterocycles. The predicted molar refractivity (Wildman–Crippen MR) is 122 cm³/mol. The average molecular weight is 456 g/mol. The quantitative estimate of drug-likeness (QED) is 0.477. The SMILES string of the molecule is Cl.Cl.N[C@@H](Cc1cn(Cc2ccccc2)cn1)C(=O)NCCCNC(=O)C1CCC1. The van der Waals surface area contributed by atoms with E-state index in [1.807, 2.05) is 29.0 Å². The van der Waals surface area contributed by atoms with Gasteiger partial charge >= 0.3 is 0 Å². The molecule has 1 aliphatic rings. The molecule has 0 bridgehead atoms. The molecule has 1 aromatic carbocycles. The van der Waals surface area contributed by atoms with Gasteiger partial charge in [-0.05, 0) is 24.8 Å². The number of imidazole rings is 1. The highest BCUT2D eigenvalue weighted by atomic mass is 35.5. The van der Waals surface area contributed by atoms with Crippen LogP contribution in [-0.2, 0) is 22.6 Å². The first kappa shape index (κ1) is 25.9. The Morgan fingerprint density at radius 2 is 1.83 bits per heavy atom. The Bertz CT molecular complexity index is 781. The van der Waals surface area contributed by atoms with Crippen molar-refractivity contribution in [1.29, 1.82) is 0 Å². The predicted octanol–water partition coefficient (Wildman–Crippen LogP) is 2.07. The summed E-state index contributed by atoms with van der Waals surface area (Å²) in [6, 6.07) is 9.49. The number of aromatic nitrogens is 2. The summed E-state index contributed by atoms with van der Waals surface area (Å²) in [6.07, 6.45) is 7.93. The molecule has 1 aromatic heterocycles. The Morgan fingerprint density at radius 1 is 1.13 bits per heavy atom. The lowest BCUT2D eigenvalue weighted by Crippen LogP contribution is -2.43. The minimum absolute atomic E-state index is 0. The van der Waals surface area contributed by atoms with Crippen molar-refractivity contribution in [3.63, 3.8) is 0 Å². The number of benzene rings is 1. The maximum atomic E-state index is 12.1. The summed E-state index contributed by atoms with van der Waals surface area (Å²) < 4.78 is 1.99. The van der Waals surface area contributed by atoms with E-state index in [9.17, 15) is 9.59 Å². The number of nitrogens with zero attached hydrogens (tertiary/aromatic N) is 2. The van der Waals surface area contributed by atoms with Gasteiger partial charge in [0.15, 0.2) is 0 Å². The second kappa shape index (κ2) is 13.3. The van der Waals surface area contributed by atoms with Gasteiger partial charge in [0.1, 0.15) is 0 Å². The summed E-state index contributed by atoms with van der Waals surface area (Å²) in [7, 11) is 0. The van der Waals surface area contributed by atoms with Crippen molar-refractivity contribution in [2.45, 2.75) is 44.7 Å². The van der Waals surface area contributed by atoms with E-state index in [1.165, 1.54) is 5.56 Å². The Hall–Kier alpha value is -2.09. The normalized spacial score (nSPS) is 13.9. The van der Waals surface area contributed by atoms with Crippen molar-refractivity contribution in [2.75, 3.05) is 13.1 Å². The molecule has 1 atom stereocenters. The third-order valence-corrected chi connectivity index (χ3v) is 5.09. The molecule has 0 aliphatic heterocycles. The van der Waals surface area contributed by atoms with Crippen LogP contribution in [0.25, 0.3) is 0 Å². The standard InChI is InChI=1S/C21H29N5O2.2ClH/c22-19(21(28)24-11-5-10-23-20(27)17-8-4-9-17)12-18-14-26(15-25-18)13-16-6-2-1-3-7-16;;/h1-3,6-7,14-15,17,19H,4-5,8-13,22H2,(H,23,27)(H,24,28);2*1H/t19-;;/m0../s1. The van der Waals surface area contributed by atoms with Crippen LogP contribution in [0.2, 0.25) is 0 Å². The molecule has 30 heavy (non-hydrogen) atoms. The van der Waals surface area contributed by atoms with Gasteiger partial charge in [-0.1, -0.05) is 36.8 Å². The fourth-order valence-electron chi connectivity index (χ4n) is 3.17. The van der Waals surface area contributed by atoms with Crippen LogP contribution >= 0.6 is 24.8 Å². The molecule has 166 valence electrons. The van der Waals surface area contributed by atoms with Crippen LogP contribution in [0.1, 0.15) is 36.9 Å². The number of rotatable bonds is 10. The van der Waals surface area contributed by atoms with Crippen molar-refractivity contribution in [3.8, 4) is 0 Å². The zero-order valence-electron chi connectivity index (χ0n) is 17.0. The molecule has 1 saturated carbocycles. The molecular formula is C21H31Cl2N5O2. The highest BCUT2D eigenvalue weighted by Crippen LogP contribution is 2.25. The fraction of sp³-hybridized carbons (Fsp3) is 0.476. The van der Waals surface area contributed by atoms with Crippen molar-refractivity contribution in [2.24, 2.45) is 11.7 Å². The van der Waals surface area contributed by atoms with Crippen LogP contribution in [0.5, 0.6) is 0 Å². The summed E-state index contributed by atoms with van der Waals surface area (Å²) in [6.45, 7) is 1.82. The van der Waals surface area contributed by atoms with Gasteiger partial charge in [-0.15, -0.1) is 24.8 Å². The summed E-state index contributed by atoms with van der Waals surface area (Å²) >= 11 is 0. The van der Waals surface area contributed by atoms with Crippen molar-refractivity contribution in [1.82, 2.24) is 20.2 Å². The molecule has 2 aromatic rings. The van der Waals surface area contributed by atoms with E-state index >= 15 is 0 Å². The molecule has 1 aliphatic carbocycles. The Labute approximate surface area is 190 Å². The highest BCUT2D eigenvalue weighted by Gasteiger charge is 2.24. The first-order valence-electron chi connectivity index (χ1n) is 9.97. The van der Waals surface area contributed by atoms with Gasteiger partial charge in [-0.25, -0.2) is 4.98 Å². The van der Waals surface area contributed by atoms with Gasteiger partial charge in [-0.2, -0.15) is 0 Å². The number of hydrogen-bond acceptors (Lipinski definition) is 4. The van der Waals surface area contributed by atoms with Crippen LogP contribution in [-0.4, -0.2) is 40.5 Å². The molecule has 3 rings (SSSR count). The number of carbonyl (C=O) groups excluding carboxylic acids is 2. The van der Waals surface area contributed by atoms with Crippen molar-refractivity contribution >= 4 is 36.6 Å². The van der Waals surface area contributed by atoms with Crippen molar-refractivity contribution < 1.29 is 9.59 Å². The zero-order chi connectivity index (χ0) is 19.8. The van der Waals surface area contributed by atoms with E-state index in [0.29, 0.717) is 25.9 Å². The smallest absolute Gasteiger partial charge is 0.237 e. The lowest BCUT2D eigenvalue weighted by molar-refractivity contribution is -0.127. The van der Waals surface area contributed by atoms with E-state index in [2.05, 4.69) is 27.8 Å². The molecule has 1 heterocycles. The number of carbonyl (C=O) groups is 2. The van der Waals surface area contributed by atoms with E-state index < -0.39 is 6.04 Å². The van der Waals surface area contributed by atoms with E-state index in [1.54, 1.807) is 6.33 Å². The molecule has 9 heteroatoms. The zero-order valence-corrected chi connectivity index (χ0v) is 18.6. The molecule has 4 N–H and O–H groups in total. The second-order valence-corrected chi connectivity index (χ2v) is 7.40. The van der Waals surface area contributed by atoms with Gasteiger partial charge in [-0.3, -0.25) is 9.59 Å². The van der Waals surface area contributed by atoms with Gasteiger partial charge < -0.3 is 20.9 Å². The Morgan fingerprint density at radius 3 is 2.50 bits per heavy atom. The fourth-order valence-corrected chi connectivity index (χ4v) is 3.17.